The summed E-state index contributed by atoms with van der Waals surface area (Å²) in [5, 5.41) is 9.11. The largest absolute Gasteiger partial charge is 0.481 e. The lowest BCUT2D eigenvalue weighted by atomic mass is 9.44. The summed E-state index contributed by atoms with van der Waals surface area (Å²) in [5.41, 5.74) is 0.339. The zero-order chi connectivity index (χ0) is 21.7. The molecule has 0 saturated heterocycles. The number of fused-ring (bicyclic) bond motifs is 5. The minimum absolute atomic E-state index is 0.0234. The van der Waals surface area contributed by atoms with Crippen molar-refractivity contribution < 1.29 is 24.2 Å². The minimum Gasteiger partial charge on any atom is -0.481 e. The Morgan fingerprint density at radius 2 is 1.87 bits per heavy atom. The Labute approximate surface area is 180 Å². The first-order valence-electron chi connectivity index (χ1n) is 12.0. The number of carboxylic acids is 1. The van der Waals surface area contributed by atoms with Crippen molar-refractivity contribution >= 4 is 18.2 Å². The molecule has 168 valence electrons. The van der Waals surface area contributed by atoms with Gasteiger partial charge < -0.3 is 9.84 Å². The van der Waals surface area contributed by atoms with Crippen LogP contribution in [0.5, 0.6) is 0 Å². The first-order chi connectivity index (χ1) is 14.2. The second kappa shape index (κ2) is 7.94. The Bertz CT molecular complexity index is 704. The van der Waals surface area contributed by atoms with Crippen LogP contribution in [0.25, 0.3) is 0 Å². The van der Waals surface area contributed by atoms with E-state index >= 15 is 0 Å². The fraction of sp³-hybridized carbons (Fsp3) is 0.880. The van der Waals surface area contributed by atoms with Crippen LogP contribution in [0, 0.1) is 46.3 Å². The molecule has 0 heterocycles. The molecule has 4 fully saturated rings. The highest BCUT2D eigenvalue weighted by Crippen LogP contribution is 2.67. The van der Waals surface area contributed by atoms with E-state index in [1.807, 2.05) is 0 Å². The van der Waals surface area contributed by atoms with Crippen LogP contribution in [0.3, 0.4) is 0 Å². The average molecular weight is 419 g/mol. The van der Waals surface area contributed by atoms with Crippen molar-refractivity contribution in [3.63, 3.8) is 0 Å². The number of ether oxygens (including phenoxy) is 1. The van der Waals surface area contributed by atoms with Crippen LogP contribution in [0.15, 0.2) is 0 Å². The van der Waals surface area contributed by atoms with Crippen molar-refractivity contribution in [3.8, 4) is 0 Å². The van der Waals surface area contributed by atoms with Gasteiger partial charge in [-0.05, 0) is 91.8 Å². The lowest BCUT2D eigenvalue weighted by molar-refractivity contribution is -0.164. The maximum absolute atomic E-state index is 13.5. The van der Waals surface area contributed by atoms with Gasteiger partial charge in [0.2, 0.25) is 0 Å². The maximum atomic E-state index is 13.5. The van der Waals surface area contributed by atoms with Crippen LogP contribution in [0.1, 0.15) is 85.0 Å². The lowest BCUT2D eigenvalue weighted by Crippen LogP contribution is -2.57. The van der Waals surface area contributed by atoms with Crippen molar-refractivity contribution in [1.29, 1.82) is 0 Å². The molecule has 1 N–H and O–H groups in total. The van der Waals surface area contributed by atoms with E-state index in [1.165, 1.54) is 0 Å². The number of carboxylic acid groups (broad SMARTS) is 1. The van der Waals surface area contributed by atoms with E-state index in [-0.39, 0.29) is 29.3 Å². The Balaban J connectivity index is 1.54. The van der Waals surface area contributed by atoms with E-state index in [0.29, 0.717) is 48.3 Å². The third kappa shape index (κ3) is 3.40. The first kappa shape index (κ1) is 21.8. The predicted molar refractivity (Wildman–Crippen MR) is 113 cm³/mol. The van der Waals surface area contributed by atoms with Gasteiger partial charge in [-0.3, -0.25) is 14.4 Å². The van der Waals surface area contributed by atoms with Crippen molar-refractivity contribution in [2.45, 2.75) is 91.1 Å². The van der Waals surface area contributed by atoms with Crippen LogP contribution in [-0.2, 0) is 19.1 Å². The third-order valence-corrected chi connectivity index (χ3v) is 10.2. The van der Waals surface area contributed by atoms with Gasteiger partial charge in [-0.2, -0.15) is 0 Å². The zero-order valence-corrected chi connectivity index (χ0v) is 18.8. The monoisotopic (exact) mass is 418 g/mol. The van der Waals surface area contributed by atoms with Gasteiger partial charge >= 0.3 is 5.97 Å². The Morgan fingerprint density at radius 1 is 1.17 bits per heavy atom. The van der Waals surface area contributed by atoms with E-state index in [1.54, 1.807) is 0 Å². The van der Waals surface area contributed by atoms with Crippen molar-refractivity contribution in [3.05, 3.63) is 0 Å². The van der Waals surface area contributed by atoms with E-state index in [4.69, 9.17) is 9.84 Å². The molecule has 4 aliphatic carbocycles. The molecule has 4 saturated carbocycles. The number of rotatable bonds is 6. The van der Waals surface area contributed by atoms with Crippen molar-refractivity contribution in [1.82, 2.24) is 0 Å². The van der Waals surface area contributed by atoms with Gasteiger partial charge in [0.15, 0.2) is 0 Å². The smallest absolute Gasteiger partial charge is 0.303 e. The molecule has 0 aliphatic heterocycles. The van der Waals surface area contributed by atoms with Gasteiger partial charge in [0.1, 0.15) is 11.9 Å². The van der Waals surface area contributed by atoms with Crippen molar-refractivity contribution in [2.24, 2.45) is 46.3 Å². The van der Waals surface area contributed by atoms with Crippen LogP contribution in [0.2, 0.25) is 0 Å². The molecular formula is C25H38O5. The predicted octanol–water partition coefficient (Wildman–Crippen LogP) is 4.87. The highest BCUT2D eigenvalue weighted by molar-refractivity contribution is 5.83. The lowest BCUT2D eigenvalue weighted by Gasteiger charge is -2.60. The molecule has 4 aliphatic rings. The van der Waals surface area contributed by atoms with Gasteiger partial charge in [-0.25, -0.2) is 0 Å². The summed E-state index contributed by atoms with van der Waals surface area (Å²) in [6.45, 7) is 7.60. The third-order valence-electron chi connectivity index (χ3n) is 10.2. The van der Waals surface area contributed by atoms with Crippen LogP contribution < -0.4 is 0 Å². The fourth-order valence-electron chi connectivity index (χ4n) is 8.62. The van der Waals surface area contributed by atoms with Crippen LogP contribution in [-0.4, -0.2) is 29.4 Å². The molecule has 9 atom stereocenters. The highest BCUT2D eigenvalue weighted by Gasteiger charge is 2.63. The first-order valence-corrected chi connectivity index (χ1v) is 12.0. The SMILES string of the molecule is C[C@H](CCC(=O)O)[C@H]1CC[C@H]2[C@@H]3C(=O)CC4C[C@H](OC=O)CC[C@]4(C)[C@H]3CC[C@]12C. The van der Waals surface area contributed by atoms with E-state index in [9.17, 15) is 14.4 Å². The highest BCUT2D eigenvalue weighted by atomic mass is 16.5. The minimum atomic E-state index is -0.708. The molecule has 30 heavy (non-hydrogen) atoms. The summed E-state index contributed by atoms with van der Waals surface area (Å²) in [5.74, 6) is 2.06. The van der Waals surface area contributed by atoms with Gasteiger partial charge in [0, 0.05) is 18.8 Å². The van der Waals surface area contributed by atoms with E-state index in [0.717, 1.165) is 51.4 Å². The molecule has 5 nitrogen and oxygen atoms in total. The Hall–Kier alpha value is -1.39. The molecule has 1 unspecified atom stereocenters. The van der Waals surface area contributed by atoms with Crippen molar-refractivity contribution in [2.75, 3.05) is 0 Å². The summed E-state index contributed by atoms with van der Waals surface area (Å²) in [4.78, 5) is 35.4. The second-order valence-electron chi connectivity index (χ2n) is 11.4. The quantitative estimate of drug-likeness (QED) is 0.623. The van der Waals surface area contributed by atoms with Gasteiger partial charge in [0.05, 0.1) is 0 Å². The molecule has 0 spiro atoms. The second-order valence-corrected chi connectivity index (χ2v) is 11.4. The Kier molecular flexibility index (Phi) is 5.78. The summed E-state index contributed by atoms with van der Waals surface area (Å²) in [6.07, 6.45) is 8.91. The maximum Gasteiger partial charge on any atom is 0.303 e. The van der Waals surface area contributed by atoms with Gasteiger partial charge in [0.25, 0.3) is 6.47 Å². The molecular weight excluding hydrogens is 380 g/mol. The number of aliphatic carboxylic acids is 1. The van der Waals surface area contributed by atoms with Gasteiger partial charge in [-0.1, -0.05) is 20.8 Å². The van der Waals surface area contributed by atoms with Crippen LogP contribution in [0.4, 0.5) is 0 Å². The zero-order valence-electron chi connectivity index (χ0n) is 18.8. The number of hydrogen-bond donors (Lipinski definition) is 1. The molecule has 5 heteroatoms. The molecule has 0 aromatic carbocycles. The number of carbonyl (C=O) groups excluding carboxylic acids is 2. The number of ketones is 1. The molecule has 0 radical (unpaired) electrons. The van der Waals surface area contributed by atoms with E-state index in [2.05, 4.69) is 20.8 Å². The number of carbonyl (C=O) groups is 3. The molecule has 4 rings (SSSR count). The molecule has 0 aromatic rings. The number of Topliss-reactive ketones (excluding diaryl/α,β-unsaturated/α-hetero) is 1. The van der Waals surface area contributed by atoms with Crippen LogP contribution >= 0.6 is 0 Å². The van der Waals surface area contributed by atoms with E-state index < -0.39 is 5.97 Å². The normalized spacial score (nSPS) is 46.3. The average Bonchev–Trinajstić information content (AvgIpc) is 3.04. The number of hydrogen-bond acceptors (Lipinski definition) is 4. The Morgan fingerprint density at radius 3 is 2.57 bits per heavy atom. The summed E-state index contributed by atoms with van der Waals surface area (Å²) >= 11 is 0. The van der Waals surface area contributed by atoms with Gasteiger partial charge in [-0.15, -0.1) is 0 Å². The fourth-order valence-corrected chi connectivity index (χ4v) is 8.62. The summed E-state index contributed by atoms with van der Waals surface area (Å²) in [6, 6.07) is 0. The molecule has 0 amide bonds. The molecule has 0 aromatic heterocycles. The summed E-state index contributed by atoms with van der Waals surface area (Å²) in [7, 11) is 0. The molecule has 0 bridgehead atoms. The topological polar surface area (TPSA) is 80.7 Å². The summed E-state index contributed by atoms with van der Waals surface area (Å²) < 4.78 is 5.28. The standard InChI is InChI=1S/C25H38O5/c1-15(4-7-22(28)29)18-5-6-19-23-20(9-11-25(18,19)3)24(2)10-8-17(30-14-26)12-16(24)13-21(23)27/h14-20,23H,4-13H2,1-3H3,(H,28,29)/t15-,16?,17-,18-,19+,20+,23+,24+,25-/m1/s1.